The number of benzene rings is 1. The van der Waals surface area contributed by atoms with E-state index in [4.69, 9.17) is 4.52 Å². The fourth-order valence-electron chi connectivity index (χ4n) is 2.78. The first-order chi connectivity index (χ1) is 12.2. The van der Waals surface area contributed by atoms with Gasteiger partial charge in [-0.15, -0.1) is 24.0 Å². The van der Waals surface area contributed by atoms with Gasteiger partial charge in [0.1, 0.15) is 0 Å². The van der Waals surface area contributed by atoms with Crippen LogP contribution in [0.15, 0.2) is 39.8 Å². The molecule has 0 unspecified atom stereocenters. The Bertz CT molecular complexity index is 663. The minimum Gasteiger partial charge on any atom is -0.359 e. The molecule has 6 heteroatoms. The van der Waals surface area contributed by atoms with Gasteiger partial charge in [-0.1, -0.05) is 48.8 Å². The van der Waals surface area contributed by atoms with Crippen molar-refractivity contribution in [2.24, 2.45) is 4.99 Å². The zero-order valence-electron chi connectivity index (χ0n) is 16.2. The first kappa shape index (κ1) is 22.5. The SMILES string of the molecule is CCC(CC)c1cc(CNC(=NC)NCCc2ccc(C)cc2)on1.I. The number of nitrogens with one attached hydrogen (secondary N) is 2. The van der Waals surface area contributed by atoms with Crippen LogP contribution in [0.4, 0.5) is 0 Å². The standard InChI is InChI=1S/C20H30N4O.HI/c1-5-17(6-2)19-13-18(25-24-19)14-23-20(21-4)22-12-11-16-9-7-15(3)8-10-16;/h7-10,13,17H,5-6,11-12,14H2,1-4H3,(H2,21,22,23);1H. The van der Waals surface area contributed by atoms with E-state index in [1.54, 1.807) is 7.05 Å². The minimum atomic E-state index is 0. The molecule has 0 fully saturated rings. The number of hydrogen-bond donors (Lipinski definition) is 2. The molecule has 2 aromatic rings. The molecule has 0 aliphatic heterocycles. The monoisotopic (exact) mass is 470 g/mol. The van der Waals surface area contributed by atoms with E-state index < -0.39 is 0 Å². The summed E-state index contributed by atoms with van der Waals surface area (Å²) >= 11 is 0. The Morgan fingerprint density at radius 1 is 1.15 bits per heavy atom. The highest BCUT2D eigenvalue weighted by Gasteiger charge is 2.13. The lowest BCUT2D eigenvalue weighted by atomic mass is 9.99. The number of rotatable bonds is 8. The highest BCUT2D eigenvalue weighted by Crippen LogP contribution is 2.22. The van der Waals surface area contributed by atoms with Crippen molar-refractivity contribution in [3.8, 4) is 0 Å². The molecular formula is C20H31IN4O. The Morgan fingerprint density at radius 2 is 1.85 bits per heavy atom. The summed E-state index contributed by atoms with van der Waals surface area (Å²) in [5, 5.41) is 10.8. The number of nitrogens with zero attached hydrogens (tertiary/aromatic N) is 2. The lowest BCUT2D eigenvalue weighted by molar-refractivity contribution is 0.368. The molecule has 0 aliphatic carbocycles. The normalized spacial score (nSPS) is 11.3. The summed E-state index contributed by atoms with van der Waals surface area (Å²) in [5.41, 5.74) is 3.65. The highest BCUT2D eigenvalue weighted by molar-refractivity contribution is 14.0. The molecule has 26 heavy (non-hydrogen) atoms. The van der Waals surface area contributed by atoms with E-state index in [1.165, 1.54) is 11.1 Å². The van der Waals surface area contributed by atoms with Crippen LogP contribution in [0, 0.1) is 6.92 Å². The number of aliphatic imine (C=N–C) groups is 1. The van der Waals surface area contributed by atoms with Crippen LogP contribution in [0.3, 0.4) is 0 Å². The molecule has 2 N–H and O–H groups in total. The van der Waals surface area contributed by atoms with E-state index in [-0.39, 0.29) is 24.0 Å². The summed E-state index contributed by atoms with van der Waals surface area (Å²) in [7, 11) is 1.78. The van der Waals surface area contributed by atoms with Crippen molar-refractivity contribution in [3.63, 3.8) is 0 Å². The summed E-state index contributed by atoms with van der Waals surface area (Å²) in [5.74, 6) is 2.08. The molecule has 0 amide bonds. The molecule has 1 aromatic carbocycles. The topological polar surface area (TPSA) is 62.5 Å². The maximum atomic E-state index is 5.43. The van der Waals surface area contributed by atoms with E-state index in [1.807, 2.05) is 6.07 Å². The molecule has 5 nitrogen and oxygen atoms in total. The molecule has 0 aliphatic rings. The summed E-state index contributed by atoms with van der Waals surface area (Å²) in [6, 6.07) is 10.7. The average molecular weight is 470 g/mol. The summed E-state index contributed by atoms with van der Waals surface area (Å²) in [6.45, 7) is 7.88. The fourth-order valence-corrected chi connectivity index (χ4v) is 2.78. The number of aromatic nitrogens is 1. The molecule has 144 valence electrons. The third-order valence-electron chi connectivity index (χ3n) is 4.46. The van der Waals surface area contributed by atoms with Crippen LogP contribution in [-0.2, 0) is 13.0 Å². The molecule has 2 rings (SSSR count). The van der Waals surface area contributed by atoms with Crippen molar-refractivity contribution in [1.82, 2.24) is 15.8 Å². The quantitative estimate of drug-likeness (QED) is 0.341. The Kier molecular flexibility index (Phi) is 10.3. The third kappa shape index (κ3) is 6.97. The zero-order chi connectivity index (χ0) is 18.1. The van der Waals surface area contributed by atoms with Gasteiger partial charge in [0, 0.05) is 25.6 Å². The fraction of sp³-hybridized carbons (Fsp3) is 0.500. The average Bonchev–Trinajstić information content (AvgIpc) is 3.09. The molecule has 0 atom stereocenters. The first-order valence-electron chi connectivity index (χ1n) is 9.11. The van der Waals surface area contributed by atoms with Crippen LogP contribution in [-0.4, -0.2) is 24.7 Å². The smallest absolute Gasteiger partial charge is 0.191 e. The van der Waals surface area contributed by atoms with E-state index in [0.29, 0.717) is 12.5 Å². The second kappa shape index (κ2) is 11.9. The Hall–Kier alpha value is -1.57. The molecule has 1 heterocycles. The van der Waals surface area contributed by atoms with Crippen LogP contribution < -0.4 is 10.6 Å². The van der Waals surface area contributed by atoms with Crippen molar-refractivity contribution in [2.45, 2.75) is 52.5 Å². The van der Waals surface area contributed by atoms with Gasteiger partial charge in [-0.05, 0) is 31.7 Å². The largest absolute Gasteiger partial charge is 0.359 e. The Morgan fingerprint density at radius 3 is 2.46 bits per heavy atom. The van der Waals surface area contributed by atoms with E-state index >= 15 is 0 Å². The van der Waals surface area contributed by atoms with Crippen molar-refractivity contribution < 1.29 is 4.52 Å². The molecule has 0 spiro atoms. The zero-order valence-corrected chi connectivity index (χ0v) is 18.5. The van der Waals surface area contributed by atoms with E-state index in [9.17, 15) is 0 Å². The van der Waals surface area contributed by atoms with Crippen LogP contribution in [0.25, 0.3) is 0 Å². The molecule has 1 aromatic heterocycles. The van der Waals surface area contributed by atoms with Gasteiger partial charge in [0.25, 0.3) is 0 Å². The van der Waals surface area contributed by atoms with E-state index in [2.05, 4.69) is 65.8 Å². The molecule has 0 bridgehead atoms. The van der Waals surface area contributed by atoms with Gasteiger partial charge in [0.15, 0.2) is 11.7 Å². The molecule has 0 saturated carbocycles. The number of aryl methyl sites for hydroxylation is 1. The summed E-state index contributed by atoms with van der Waals surface area (Å²) in [6.07, 6.45) is 3.12. The molecular weight excluding hydrogens is 439 g/mol. The second-order valence-corrected chi connectivity index (χ2v) is 6.32. The Balaban J connectivity index is 0.00000338. The molecule has 0 saturated heterocycles. The number of halogens is 1. The number of hydrogen-bond acceptors (Lipinski definition) is 3. The van der Waals surface area contributed by atoms with Crippen LogP contribution >= 0.6 is 24.0 Å². The van der Waals surface area contributed by atoms with Gasteiger partial charge >= 0.3 is 0 Å². The van der Waals surface area contributed by atoms with Gasteiger partial charge in [-0.25, -0.2) is 0 Å². The molecule has 0 radical (unpaired) electrons. The number of guanidine groups is 1. The van der Waals surface area contributed by atoms with Crippen LogP contribution in [0.5, 0.6) is 0 Å². The Labute approximate surface area is 174 Å². The highest BCUT2D eigenvalue weighted by atomic mass is 127. The van der Waals surface area contributed by atoms with Gasteiger partial charge in [-0.2, -0.15) is 0 Å². The lowest BCUT2D eigenvalue weighted by Crippen LogP contribution is -2.37. The van der Waals surface area contributed by atoms with Gasteiger partial charge in [-0.3, -0.25) is 4.99 Å². The minimum absolute atomic E-state index is 0. The maximum absolute atomic E-state index is 5.43. The van der Waals surface area contributed by atoms with Crippen molar-refractivity contribution >= 4 is 29.9 Å². The van der Waals surface area contributed by atoms with Gasteiger partial charge < -0.3 is 15.2 Å². The first-order valence-corrected chi connectivity index (χ1v) is 9.11. The van der Waals surface area contributed by atoms with Gasteiger partial charge in [0.2, 0.25) is 0 Å². The van der Waals surface area contributed by atoms with Crippen molar-refractivity contribution in [1.29, 1.82) is 0 Å². The predicted octanol–water partition coefficient (Wildman–Crippen LogP) is 4.41. The lowest BCUT2D eigenvalue weighted by Gasteiger charge is -2.10. The predicted molar refractivity (Wildman–Crippen MR) is 118 cm³/mol. The van der Waals surface area contributed by atoms with Crippen molar-refractivity contribution in [2.75, 3.05) is 13.6 Å². The van der Waals surface area contributed by atoms with Crippen molar-refractivity contribution in [3.05, 3.63) is 52.9 Å². The second-order valence-electron chi connectivity index (χ2n) is 6.32. The van der Waals surface area contributed by atoms with Gasteiger partial charge in [0.05, 0.1) is 12.2 Å². The van der Waals surface area contributed by atoms with E-state index in [0.717, 1.165) is 43.2 Å². The van der Waals surface area contributed by atoms with Crippen LogP contribution in [0.1, 0.15) is 55.2 Å². The van der Waals surface area contributed by atoms with Crippen LogP contribution in [0.2, 0.25) is 0 Å². The summed E-state index contributed by atoms with van der Waals surface area (Å²) in [4.78, 5) is 4.26. The summed E-state index contributed by atoms with van der Waals surface area (Å²) < 4.78 is 5.43. The maximum Gasteiger partial charge on any atom is 0.191 e. The third-order valence-corrected chi connectivity index (χ3v) is 4.46.